The molecule has 0 aliphatic carbocycles. The molecule has 0 aliphatic heterocycles. The molecule has 0 aliphatic rings. The molecule has 0 spiro atoms. The van der Waals surface area contributed by atoms with Gasteiger partial charge in [-0.1, -0.05) is 19.1 Å². The van der Waals surface area contributed by atoms with Crippen molar-refractivity contribution in [2.45, 2.75) is 26.3 Å². The predicted molar refractivity (Wildman–Crippen MR) is 84.2 cm³/mol. The second kappa shape index (κ2) is 8.97. The first-order chi connectivity index (χ1) is 10.1. The predicted octanol–water partition coefficient (Wildman–Crippen LogP) is 1.61. The van der Waals surface area contributed by atoms with Gasteiger partial charge in [-0.15, -0.1) is 0 Å². The molecular weight excluding hydrogens is 268 g/mol. The van der Waals surface area contributed by atoms with E-state index >= 15 is 0 Å². The Morgan fingerprint density at radius 3 is 2.43 bits per heavy atom. The molecule has 0 aromatic heterocycles. The number of amides is 3. The van der Waals surface area contributed by atoms with Crippen molar-refractivity contribution in [3.63, 3.8) is 0 Å². The summed E-state index contributed by atoms with van der Waals surface area (Å²) in [4.78, 5) is 22.7. The van der Waals surface area contributed by atoms with E-state index in [1.807, 2.05) is 24.3 Å². The number of hydrogen-bond donors (Lipinski definition) is 4. The number of benzene rings is 1. The molecule has 1 aromatic carbocycles. The zero-order valence-corrected chi connectivity index (χ0v) is 12.8. The average Bonchev–Trinajstić information content (AvgIpc) is 2.48. The SMILES string of the molecule is CCNC(C)c1ccc(NC(=O)NCCC(=O)NC)cc1. The van der Waals surface area contributed by atoms with Gasteiger partial charge in [0.25, 0.3) is 0 Å². The van der Waals surface area contributed by atoms with E-state index in [4.69, 9.17) is 0 Å². The first-order valence-corrected chi connectivity index (χ1v) is 7.15. The summed E-state index contributed by atoms with van der Waals surface area (Å²) in [6, 6.07) is 7.65. The van der Waals surface area contributed by atoms with Crippen molar-refractivity contribution in [1.82, 2.24) is 16.0 Å². The zero-order valence-electron chi connectivity index (χ0n) is 12.8. The number of rotatable bonds is 7. The molecule has 1 unspecified atom stereocenters. The smallest absolute Gasteiger partial charge is 0.319 e. The van der Waals surface area contributed by atoms with Crippen LogP contribution >= 0.6 is 0 Å². The molecule has 0 fully saturated rings. The summed E-state index contributed by atoms with van der Waals surface area (Å²) in [7, 11) is 1.57. The molecule has 1 aromatic rings. The van der Waals surface area contributed by atoms with Crippen molar-refractivity contribution in [3.05, 3.63) is 29.8 Å². The third-order valence-electron chi connectivity index (χ3n) is 3.10. The van der Waals surface area contributed by atoms with E-state index in [1.54, 1.807) is 7.05 Å². The van der Waals surface area contributed by atoms with Gasteiger partial charge in [-0.25, -0.2) is 4.79 Å². The molecule has 0 bridgehead atoms. The first kappa shape index (κ1) is 17.0. The van der Waals surface area contributed by atoms with E-state index in [0.717, 1.165) is 12.2 Å². The van der Waals surface area contributed by atoms with Crippen molar-refractivity contribution in [2.75, 3.05) is 25.5 Å². The molecule has 6 nitrogen and oxygen atoms in total. The van der Waals surface area contributed by atoms with Gasteiger partial charge in [0.1, 0.15) is 0 Å². The Balaban J connectivity index is 2.41. The maximum atomic E-state index is 11.6. The third kappa shape index (κ3) is 6.27. The molecule has 0 saturated carbocycles. The summed E-state index contributed by atoms with van der Waals surface area (Å²) >= 11 is 0. The monoisotopic (exact) mass is 292 g/mol. The van der Waals surface area contributed by atoms with Crippen molar-refractivity contribution in [2.24, 2.45) is 0 Å². The minimum absolute atomic E-state index is 0.0999. The highest BCUT2D eigenvalue weighted by Crippen LogP contribution is 2.15. The lowest BCUT2D eigenvalue weighted by atomic mass is 10.1. The number of carbonyl (C=O) groups is 2. The van der Waals surface area contributed by atoms with Crippen LogP contribution in [0.25, 0.3) is 0 Å². The summed E-state index contributed by atoms with van der Waals surface area (Å²) < 4.78 is 0. The molecule has 0 radical (unpaired) electrons. The van der Waals surface area contributed by atoms with E-state index in [0.29, 0.717) is 6.54 Å². The highest BCUT2D eigenvalue weighted by Gasteiger charge is 2.05. The number of anilines is 1. The maximum absolute atomic E-state index is 11.6. The van der Waals surface area contributed by atoms with E-state index < -0.39 is 0 Å². The minimum atomic E-state index is -0.314. The van der Waals surface area contributed by atoms with Gasteiger partial charge in [0.15, 0.2) is 0 Å². The van der Waals surface area contributed by atoms with Gasteiger partial charge in [-0.05, 0) is 31.2 Å². The molecule has 1 rings (SSSR count). The van der Waals surface area contributed by atoms with Gasteiger partial charge in [0.05, 0.1) is 0 Å². The van der Waals surface area contributed by atoms with Gasteiger partial charge in [-0.3, -0.25) is 4.79 Å². The normalized spacial score (nSPS) is 11.6. The summed E-state index contributed by atoms with van der Waals surface area (Å²) in [6.45, 7) is 5.38. The van der Waals surface area contributed by atoms with Crippen LogP contribution < -0.4 is 21.3 Å². The van der Waals surface area contributed by atoms with Crippen LogP contribution in [0.2, 0.25) is 0 Å². The number of hydrogen-bond acceptors (Lipinski definition) is 3. The van der Waals surface area contributed by atoms with Gasteiger partial charge < -0.3 is 21.3 Å². The third-order valence-corrected chi connectivity index (χ3v) is 3.10. The summed E-state index contributed by atoms with van der Waals surface area (Å²) in [6.07, 6.45) is 0.267. The van der Waals surface area contributed by atoms with Crippen LogP contribution in [-0.4, -0.2) is 32.1 Å². The number of carbonyl (C=O) groups excluding carboxylic acids is 2. The van der Waals surface area contributed by atoms with E-state index in [1.165, 1.54) is 5.56 Å². The standard InChI is InChI=1S/C15H24N4O2/c1-4-17-11(2)12-5-7-13(8-6-12)19-15(21)18-10-9-14(20)16-3/h5-8,11,17H,4,9-10H2,1-3H3,(H,16,20)(H2,18,19,21). The summed E-state index contributed by atoms with van der Waals surface area (Å²) in [5.41, 5.74) is 1.89. The van der Waals surface area contributed by atoms with Crippen molar-refractivity contribution >= 4 is 17.6 Å². The lowest BCUT2D eigenvalue weighted by molar-refractivity contribution is -0.120. The number of urea groups is 1. The molecule has 116 valence electrons. The average molecular weight is 292 g/mol. The molecule has 1 atom stereocenters. The van der Waals surface area contributed by atoms with Gasteiger partial charge in [-0.2, -0.15) is 0 Å². The van der Waals surface area contributed by atoms with Crippen molar-refractivity contribution in [3.8, 4) is 0 Å². The van der Waals surface area contributed by atoms with Crippen LogP contribution in [0.15, 0.2) is 24.3 Å². The quantitative estimate of drug-likeness (QED) is 0.616. The number of nitrogens with one attached hydrogen (secondary N) is 4. The van der Waals surface area contributed by atoms with Crippen molar-refractivity contribution in [1.29, 1.82) is 0 Å². The van der Waals surface area contributed by atoms with Gasteiger partial charge >= 0.3 is 6.03 Å². The largest absolute Gasteiger partial charge is 0.359 e. The topological polar surface area (TPSA) is 82.3 Å². The van der Waals surface area contributed by atoms with Crippen LogP contribution in [0.1, 0.15) is 31.9 Å². The molecule has 21 heavy (non-hydrogen) atoms. The van der Waals surface area contributed by atoms with Gasteiger partial charge in [0.2, 0.25) is 5.91 Å². The Morgan fingerprint density at radius 2 is 1.86 bits per heavy atom. The zero-order chi connectivity index (χ0) is 15.7. The molecular formula is C15H24N4O2. The van der Waals surface area contributed by atoms with Crippen LogP contribution in [0, 0.1) is 0 Å². The minimum Gasteiger partial charge on any atom is -0.359 e. The Kier molecular flexibility index (Phi) is 7.25. The Bertz CT molecular complexity index is 459. The second-order valence-electron chi connectivity index (χ2n) is 4.71. The van der Waals surface area contributed by atoms with Crippen LogP contribution in [0.4, 0.5) is 10.5 Å². The second-order valence-corrected chi connectivity index (χ2v) is 4.71. The highest BCUT2D eigenvalue weighted by atomic mass is 16.2. The van der Waals surface area contributed by atoms with Gasteiger partial charge in [0, 0.05) is 31.7 Å². The Labute approximate surface area is 125 Å². The van der Waals surface area contributed by atoms with E-state index in [9.17, 15) is 9.59 Å². The highest BCUT2D eigenvalue weighted by molar-refractivity contribution is 5.89. The van der Waals surface area contributed by atoms with Crippen LogP contribution in [0.5, 0.6) is 0 Å². The fraction of sp³-hybridized carbons (Fsp3) is 0.467. The molecule has 3 amide bonds. The Hall–Kier alpha value is -2.08. The van der Waals surface area contributed by atoms with Crippen molar-refractivity contribution < 1.29 is 9.59 Å². The summed E-state index contributed by atoms with van der Waals surface area (Å²) in [5, 5.41) is 11.2. The van der Waals surface area contributed by atoms with Crippen LogP contribution in [0.3, 0.4) is 0 Å². The molecule has 6 heteroatoms. The lowest BCUT2D eigenvalue weighted by Gasteiger charge is -2.13. The lowest BCUT2D eigenvalue weighted by Crippen LogP contribution is -2.32. The molecule has 0 heterocycles. The molecule has 4 N–H and O–H groups in total. The Morgan fingerprint density at radius 1 is 1.19 bits per heavy atom. The first-order valence-electron chi connectivity index (χ1n) is 7.15. The van der Waals surface area contributed by atoms with E-state index in [2.05, 4.69) is 35.1 Å². The fourth-order valence-corrected chi connectivity index (χ4v) is 1.87. The van der Waals surface area contributed by atoms with E-state index in [-0.39, 0.29) is 24.4 Å². The molecule has 0 saturated heterocycles. The fourth-order valence-electron chi connectivity index (χ4n) is 1.87. The van der Waals surface area contributed by atoms with Crippen LogP contribution in [-0.2, 0) is 4.79 Å². The summed E-state index contributed by atoms with van der Waals surface area (Å²) in [5.74, 6) is -0.0999. The maximum Gasteiger partial charge on any atom is 0.319 e.